The number of carbonyl (C=O) groups is 3. The van der Waals surface area contributed by atoms with Crippen molar-refractivity contribution in [1.29, 1.82) is 0 Å². The van der Waals surface area contributed by atoms with Gasteiger partial charge >= 0.3 is 17.9 Å². The summed E-state index contributed by atoms with van der Waals surface area (Å²) in [5.74, 6) is 0.770. The van der Waals surface area contributed by atoms with Gasteiger partial charge in [0.1, 0.15) is 13.2 Å². The van der Waals surface area contributed by atoms with Crippen LogP contribution in [0.5, 0.6) is 0 Å². The highest BCUT2D eigenvalue weighted by Gasteiger charge is 2.19. The Balaban J connectivity index is 4.21. The maximum Gasteiger partial charge on any atom is 0.306 e. The Morgan fingerprint density at radius 3 is 1.21 bits per heavy atom. The summed E-state index contributed by atoms with van der Waals surface area (Å²) in [6.45, 7) is 11.2. The van der Waals surface area contributed by atoms with Gasteiger partial charge in [0.15, 0.2) is 6.10 Å². The van der Waals surface area contributed by atoms with E-state index in [0.29, 0.717) is 19.3 Å². The molecule has 2 atom stereocenters. The number of unbranched alkanes of at least 4 members (excludes halogenated alkanes) is 19. The fourth-order valence-corrected chi connectivity index (χ4v) is 5.84. The minimum atomic E-state index is -0.757. The van der Waals surface area contributed by atoms with Crippen molar-refractivity contribution in [2.45, 2.75) is 221 Å². The molecular weight excluding hydrogens is 588 g/mol. The van der Waals surface area contributed by atoms with Crippen LogP contribution < -0.4 is 0 Å². The van der Waals surface area contributed by atoms with E-state index >= 15 is 0 Å². The van der Waals surface area contributed by atoms with Crippen LogP contribution in [0.4, 0.5) is 0 Å². The molecule has 0 aromatic rings. The van der Waals surface area contributed by atoms with Crippen molar-refractivity contribution in [2.75, 3.05) is 13.2 Å². The third kappa shape index (κ3) is 34.1. The van der Waals surface area contributed by atoms with Crippen molar-refractivity contribution in [2.24, 2.45) is 11.8 Å². The second-order valence-corrected chi connectivity index (χ2v) is 14.6. The maximum atomic E-state index is 12.5. The summed E-state index contributed by atoms with van der Waals surface area (Å²) in [4.78, 5) is 37.2. The minimum Gasteiger partial charge on any atom is -0.462 e. The number of carbonyl (C=O) groups excluding carboxylic acids is 3. The molecule has 0 heterocycles. The standard InChI is InChI=1S/C41H78O6/c1-6-8-9-19-28-33-41(44)47-38(35-46-40(43)32-27-23-18-14-15-20-24-29-36(3)4)34-45-39(42)31-26-22-17-13-11-10-12-16-21-25-30-37(5)7-2/h36-38H,6-35H2,1-5H3/t37?,38-/m0/s1. The predicted octanol–water partition coefficient (Wildman–Crippen LogP) is 12.2. The average molecular weight is 667 g/mol. The van der Waals surface area contributed by atoms with Crippen LogP contribution in [0.15, 0.2) is 0 Å². The first-order valence-corrected chi connectivity index (χ1v) is 20.3. The van der Waals surface area contributed by atoms with Crippen molar-refractivity contribution in [3.8, 4) is 0 Å². The molecule has 0 radical (unpaired) electrons. The van der Waals surface area contributed by atoms with Crippen LogP contribution >= 0.6 is 0 Å². The van der Waals surface area contributed by atoms with Crippen LogP contribution in [0.1, 0.15) is 214 Å². The smallest absolute Gasteiger partial charge is 0.306 e. The first-order valence-electron chi connectivity index (χ1n) is 20.3. The summed E-state index contributed by atoms with van der Waals surface area (Å²) >= 11 is 0. The van der Waals surface area contributed by atoms with Crippen molar-refractivity contribution in [1.82, 2.24) is 0 Å². The monoisotopic (exact) mass is 667 g/mol. The number of ether oxygens (including phenoxy) is 3. The molecule has 0 bridgehead atoms. The molecule has 0 aliphatic rings. The lowest BCUT2D eigenvalue weighted by Gasteiger charge is -2.18. The fraction of sp³-hybridized carbons (Fsp3) is 0.927. The molecule has 1 unspecified atom stereocenters. The second kappa shape index (κ2) is 34.3. The lowest BCUT2D eigenvalue weighted by molar-refractivity contribution is -0.167. The van der Waals surface area contributed by atoms with Gasteiger partial charge in [-0.2, -0.15) is 0 Å². The SMILES string of the molecule is CCCCCCCC(=O)O[C@@H](COC(=O)CCCCCCCCCCCCC(C)CC)COC(=O)CCCCCCCCCC(C)C. The number of hydrogen-bond acceptors (Lipinski definition) is 6. The van der Waals surface area contributed by atoms with E-state index in [1.54, 1.807) is 0 Å². The second-order valence-electron chi connectivity index (χ2n) is 14.6. The van der Waals surface area contributed by atoms with E-state index in [-0.39, 0.29) is 31.1 Å². The van der Waals surface area contributed by atoms with E-state index in [1.807, 2.05) is 0 Å². The van der Waals surface area contributed by atoms with E-state index in [1.165, 1.54) is 96.3 Å². The Bertz CT molecular complexity index is 721. The Labute approximate surface area is 291 Å². The van der Waals surface area contributed by atoms with Gasteiger partial charge in [-0.3, -0.25) is 14.4 Å². The van der Waals surface area contributed by atoms with Gasteiger partial charge in [-0.05, 0) is 31.1 Å². The molecule has 0 aliphatic carbocycles. The topological polar surface area (TPSA) is 78.9 Å². The first-order chi connectivity index (χ1) is 22.8. The minimum absolute atomic E-state index is 0.0676. The van der Waals surface area contributed by atoms with E-state index in [0.717, 1.165) is 76.0 Å². The van der Waals surface area contributed by atoms with Gasteiger partial charge < -0.3 is 14.2 Å². The molecular formula is C41H78O6. The number of rotatable bonds is 35. The van der Waals surface area contributed by atoms with Crippen LogP contribution in [0.2, 0.25) is 0 Å². The Kier molecular flexibility index (Phi) is 33.1. The maximum absolute atomic E-state index is 12.5. The van der Waals surface area contributed by atoms with Gasteiger partial charge in [0.25, 0.3) is 0 Å². The quantitative estimate of drug-likeness (QED) is 0.0380. The zero-order valence-corrected chi connectivity index (χ0v) is 31.9. The van der Waals surface area contributed by atoms with Crippen LogP contribution in [0.3, 0.4) is 0 Å². The molecule has 0 saturated heterocycles. The zero-order chi connectivity index (χ0) is 34.8. The molecule has 0 rings (SSSR count). The molecule has 0 aromatic carbocycles. The molecule has 0 aliphatic heterocycles. The van der Waals surface area contributed by atoms with E-state index in [2.05, 4.69) is 34.6 Å². The Morgan fingerprint density at radius 1 is 0.447 bits per heavy atom. The average Bonchev–Trinajstić information content (AvgIpc) is 3.05. The molecule has 6 nitrogen and oxygen atoms in total. The van der Waals surface area contributed by atoms with Crippen LogP contribution in [0.25, 0.3) is 0 Å². The molecule has 0 fully saturated rings. The molecule has 0 spiro atoms. The van der Waals surface area contributed by atoms with Crippen molar-refractivity contribution < 1.29 is 28.6 Å². The largest absolute Gasteiger partial charge is 0.462 e. The zero-order valence-electron chi connectivity index (χ0n) is 31.9. The van der Waals surface area contributed by atoms with Crippen LogP contribution in [-0.2, 0) is 28.6 Å². The third-order valence-electron chi connectivity index (χ3n) is 9.33. The van der Waals surface area contributed by atoms with Crippen molar-refractivity contribution >= 4 is 17.9 Å². The van der Waals surface area contributed by atoms with Crippen LogP contribution in [-0.4, -0.2) is 37.2 Å². The summed E-state index contributed by atoms with van der Waals surface area (Å²) in [7, 11) is 0. The Morgan fingerprint density at radius 2 is 0.809 bits per heavy atom. The molecule has 47 heavy (non-hydrogen) atoms. The summed E-state index contributed by atoms with van der Waals surface area (Å²) in [5.41, 5.74) is 0. The van der Waals surface area contributed by atoms with Crippen LogP contribution in [0, 0.1) is 11.8 Å². The fourth-order valence-electron chi connectivity index (χ4n) is 5.84. The third-order valence-corrected chi connectivity index (χ3v) is 9.33. The predicted molar refractivity (Wildman–Crippen MR) is 196 cm³/mol. The Hall–Kier alpha value is -1.59. The lowest BCUT2D eigenvalue weighted by Crippen LogP contribution is -2.30. The van der Waals surface area contributed by atoms with Crippen molar-refractivity contribution in [3.63, 3.8) is 0 Å². The molecule has 0 amide bonds. The molecule has 0 N–H and O–H groups in total. The molecule has 6 heteroatoms. The van der Waals surface area contributed by atoms with E-state index in [4.69, 9.17) is 14.2 Å². The van der Waals surface area contributed by atoms with Gasteiger partial charge in [-0.15, -0.1) is 0 Å². The first kappa shape index (κ1) is 45.4. The highest BCUT2D eigenvalue weighted by molar-refractivity contribution is 5.71. The highest BCUT2D eigenvalue weighted by Crippen LogP contribution is 2.16. The molecule has 0 aromatic heterocycles. The van der Waals surface area contributed by atoms with E-state index in [9.17, 15) is 14.4 Å². The summed E-state index contributed by atoms with van der Waals surface area (Å²) in [6, 6.07) is 0. The van der Waals surface area contributed by atoms with Gasteiger partial charge in [0.05, 0.1) is 0 Å². The lowest BCUT2D eigenvalue weighted by atomic mass is 9.99. The molecule has 0 saturated carbocycles. The van der Waals surface area contributed by atoms with E-state index < -0.39 is 6.10 Å². The van der Waals surface area contributed by atoms with Gasteiger partial charge in [-0.1, -0.05) is 176 Å². The van der Waals surface area contributed by atoms with Gasteiger partial charge in [0, 0.05) is 19.3 Å². The summed E-state index contributed by atoms with van der Waals surface area (Å²) < 4.78 is 16.5. The normalized spacial score (nSPS) is 12.6. The van der Waals surface area contributed by atoms with Gasteiger partial charge in [-0.25, -0.2) is 0 Å². The molecule has 278 valence electrons. The highest BCUT2D eigenvalue weighted by atomic mass is 16.6. The summed E-state index contributed by atoms with van der Waals surface area (Å²) in [5, 5.41) is 0. The van der Waals surface area contributed by atoms with Crippen molar-refractivity contribution in [3.05, 3.63) is 0 Å². The number of esters is 3. The van der Waals surface area contributed by atoms with Gasteiger partial charge in [0.2, 0.25) is 0 Å². The number of hydrogen-bond donors (Lipinski definition) is 0. The summed E-state index contributed by atoms with van der Waals surface area (Å²) in [6.07, 6.45) is 29.8.